The number of fused-ring (bicyclic) bond motifs is 1. The van der Waals surface area contributed by atoms with Crippen LogP contribution in [-0.4, -0.2) is 39.5 Å². The van der Waals surface area contributed by atoms with Gasteiger partial charge in [-0.25, -0.2) is 4.98 Å². The second-order valence-corrected chi connectivity index (χ2v) is 8.17. The third kappa shape index (κ3) is 4.22. The van der Waals surface area contributed by atoms with Crippen molar-refractivity contribution in [2.75, 3.05) is 13.1 Å². The molecular formula is C21H25ClN4O2S. The summed E-state index contributed by atoms with van der Waals surface area (Å²) in [6.45, 7) is 3.62. The van der Waals surface area contributed by atoms with Crippen LogP contribution in [0.5, 0.6) is 0 Å². The number of hydrogen-bond donors (Lipinski definition) is 1. The Morgan fingerprint density at radius 2 is 2.07 bits per heavy atom. The van der Waals surface area contributed by atoms with Gasteiger partial charge in [0.2, 0.25) is 5.91 Å². The number of aromatic nitrogens is 2. The number of likely N-dealkylation sites (tertiary alicyclic amines) is 1. The van der Waals surface area contributed by atoms with Gasteiger partial charge in [-0.05, 0) is 25.3 Å². The van der Waals surface area contributed by atoms with Crippen LogP contribution < -0.4 is 11.3 Å². The highest BCUT2D eigenvalue weighted by molar-refractivity contribution is 7.17. The van der Waals surface area contributed by atoms with E-state index in [1.54, 1.807) is 10.9 Å². The summed E-state index contributed by atoms with van der Waals surface area (Å²) >= 11 is 1.47. The molecule has 0 spiro atoms. The molecule has 2 N–H and O–H groups in total. The minimum atomic E-state index is -0.0913. The van der Waals surface area contributed by atoms with Crippen molar-refractivity contribution in [2.45, 2.75) is 38.8 Å². The summed E-state index contributed by atoms with van der Waals surface area (Å²) in [5, 5.41) is 2.61. The topological polar surface area (TPSA) is 81.2 Å². The Balaban J connectivity index is 0.00000240. The van der Waals surface area contributed by atoms with Crippen LogP contribution >= 0.6 is 23.7 Å². The van der Waals surface area contributed by atoms with Crippen LogP contribution in [0.1, 0.15) is 24.8 Å². The molecule has 1 amide bonds. The maximum atomic E-state index is 13.1. The lowest BCUT2D eigenvalue weighted by Crippen LogP contribution is -2.40. The van der Waals surface area contributed by atoms with Gasteiger partial charge in [0.05, 0.1) is 11.7 Å². The lowest BCUT2D eigenvalue weighted by molar-refractivity contribution is -0.132. The highest BCUT2D eigenvalue weighted by Gasteiger charge is 2.27. The molecule has 0 bridgehead atoms. The average Bonchev–Trinajstić information content (AvgIpc) is 3.35. The first-order chi connectivity index (χ1) is 13.6. The SMILES string of the molecule is Cc1ccc(-c2csc3ncn(CCC(=O)N4CCCC4CN)c(=O)c23)cc1.Cl. The predicted octanol–water partition coefficient (Wildman–Crippen LogP) is 3.20. The fourth-order valence-corrected chi connectivity index (χ4v) is 4.75. The van der Waals surface area contributed by atoms with Gasteiger partial charge in [0, 0.05) is 43.0 Å². The Bertz CT molecular complexity index is 1060. The molecule has 1 atom stereocenters. The molecule has 3 aromatic rings. The molecule has 0 saturated carbocycles. The Morgan fingerprint density at radius 1 is 1.31 bits per heavy atom. The van der Waals surface area contributed by atoms with Crippen LogP contribution in [0.15, 0.2) is 40.8 Å². The fourth-order valence-electron chi connectivity index (χ4n) is 3.84. The molecule has 6 nitrogen and oxygen atoms in total. The van der Waals surface area contributed by atoms with Crippen molar-refractivity contribution in [3.05, 3.63) is 51.9 Å². The van der Waals surface area contributed by atoms with Gasteiger partial charge in [0.1, 0.15) is 4.83 Å². The Labute approximate surface area is 179 Å². The number of benzene rings is 1. The van der Waals surface area contributed by atoms with E-state index in [1.807, 2.05) is 41.5 Å². The van der Waals surface area contributed by atoms with Gasteiger partial charge in [-0.15, -0.1) is 23.7 Å². The second kappa shape index (κ2) is 9.07. The molecule has 0 aliphatic carbocycles. The van der Waals surface area contributed by atoms with Crippen LogP contribution in [0.25, 0.3) is 21.3 Å². The van der Waals surface area contributed by atoms with Crippen LogP contribution in [0.4, 0.5) is 0 Å². The average molecular weight is 433 g/mol. The third-order valence-electron chi connectivity index (χ3n) is 5.46. The van der Waals surface area contributed by atoms with Crippen molar-refractivity contribution >= 4 is 39.9 Å². The molecule has 29 heavy (non-hydrogen) atoms. The molecule has 1 aliphatic rings. The van der Waals surface area contributed by atoms with E-state index in [0.717, 1.165) is 35.3 Å². The number of rotatable bonds is 5. The van der Waals surface area contributed by atoms with Gasteiger partial charge in [-0.3, -0.25) is 14.2 Å². The first-order valence-electron chi connectivity index (χ1n) is 9.61. The van der Waals surface area contributed by atoms with Crippen molar-refractivity contribution in [1.29, 1.82) is 0 Å². The van der Waals surface area contributed by atoms with Crippen LogP contribution in [0.2, 0.25) is 0 Å². The third-order valence-corrected chi connectivity index (χ3v) is 6.35. The Hall–Kier alpha value is -2.22. The standard InChI is InChI=1S/C21H24N4O2S.ClH/c1-14-4-6-15(7-5-14)17-12-28-20-19(17)21(27)24(13-23-20)10-8-18(26)25-9-2-3-16(25)11-22;/h4-7,12-13,16H,2-3,8-11,22H2,1H3;1H. The number of nitrogens with zero attached hydrogens (tertiary/aromatic N) is 3. The van der Waals surface area contributed by atoms with Gasteiger partial charge in [0.25, 0.3) is 5.56 Å². The van der Waals surface area contributed by atoms with Crippen molar-refractivity contribution < 1.29 is 4.79 Å². The molecule has 1 saturated heterocycles. The Kier molecular flexibility index (Phi) is 6.72. The molecule has 1 aliphatic heterocycles. The number of hydrogen-bond acceptors (Lipinski definition) is 5. The maximum absolute atomic E-state index is 13.1. The smallest absolute Gasteiger partial charge is 0.262 e. The molecule has 1 fully saturated rings. The first-order valence-corrected chi connectivity index (χ1v) is 10.5. The normalized spacial score (nSPS) is 16.2. The highest BCUT2D eigenvalue weighted by Crippen LogP contribution is 2.30. The van der Waals surface area contributed by atoms with Gasteiger partial charge in [-0.1, -0.05) is 29.8 Å². The number of amides is 1. The molecule has 154 valence electrons. The zero-order valence-corrected chi connectivity index (χ0v) is 18.0. The van der Waals surface area contributed by atoms with Gasteiger partial charge >= 0.3 is 0 Å². The van der Waals surface area contributed by atoms with E-state index in [1.165, 1.54) is 16.9 Å². The minimum Gasteiger partial charge on any atom is -0.338 e. The van der Waals surface area contributed by atoms with Crippen LogP contribution in [-0.2, 0) is 11.3 Å². The van der Waals surface area contributed by atoms with E-state index in [2.05, 4.69) is 4.98 Å². The van der Waals surface area contributed by atoms with Crippen LogP contribution in [0.3, 0.4) is 0 Å². The summed E-state index contributed by atoms with van der Waals surface area (Å²) in [6.07, 6.45) is 3.80. The van der Waals surface area contributed by atoms with E-state index >= 15 is 0 Å². The van der Waals surface area contributed by atoms with E-state index < -0.39 is 0 Å². The molecule has 1 aromatic carbocycles. The summed E-state index contributed by atoms with van der Waals surface area (Å²) in [7, 11) is 0. The lowest BCUT2D eigenvalue weighted by atomic mass is 10.1. The van der Waals surface area contributed by atoms with E-state index in [0.29, 0.717) is 18.5 Å². The number of aryl methyl sites for hydroxylation is 2. The fraction of sp³-hybridized carbons (Fsp3) is 0.381. The number of carbonyl (C=O) groups excluding carboxylic acids is 1. The molecule has 0 radical (unpaired) electrons. The summed E-state index contributed by atoms with van der Waals surface area (Å²) in [4.78, 5) is 32.7. The molecule has 4 rings (SSSR count). The van der Waals surface area contributed by atoms with Crippen LogP contribution in [0, 0.1) is 6.92 Å². The van der Waals surface area contributed by atoms with Crippen molar-refractivity contribution in [1.82, 2.24) is 14.5 Å². The zero-order valence-electron chi connectivity index (χ0n) is 16.3. The summed E-state index contributed by atoms with van der Waals surface area (Å²) in [6, 6.07) is 8.26. The monoisotopic (exact) mass is 432 g/mol. The summed E-state index contributed by atoms with van der Waals surface area (Å²) < 4.78 is 1.55. The minimum absolute atomic E-state index is 0. The van der Waals surface area contributed by atoms with E-state index in [9.17, 15) is 9.59 Å². The summed E-state index contributed by atoms with van der Waals surface area (Å²) in [5.74, 6) is 0.0593. The second-order valence-electron chi connectivity index (χ2n) is 7.31. The molecule has 2 aromatic heterocycles. The van der Waals surface area contributed by atoms with Gasteiger partial charge in [0.15, 0.2) is 0 Å². The summed E-state index contributed by atoms with van der Waals surface area (Å²) in [5.41, 5.74) is 8.76. The number of halogens is 1. The predicted molar refractivity (Wildman–Crippen MR) is 120 cm³/mol. The van der Waals surface area contributed by atoms with E-state index in [4.69, 9.17) is 5.73 Å². The van der Waals surface area contributed by atoms with Gasteiger partial charge in [-0.2, -0.15) is 0 Å². The van der Waals surface area contributed by atoms with Crippen molar-refractivity contribution in [2.24, 2.45) is 5.73 Å². The number of nitrogens with two attached hydrogens (primary N) is 1. The lowest BCUT2D eigenvalue weighted by Gasteiger charge is -2.23. The molecule has 3 heterocycles. The number of thiophene rings is 1. The van der Waals surface area contributed by atoms with Crippen molar-refractivity contribution in [3.63, 3.8) is 0 Å². The number of carbonyl (C=O) groups is 1. The largest absolute Gasteiger partial charge is 0.338 e. The van der Waals surface area contributed by atoms with E-state index in [-0.39, 0.29) is 36.3 Å². The molecule has 8 heteroatoms. The first kappa shape index (κ1) is 21.5. The van der Waals surface area contributed by atoms with Gasteiger partial charge < -0.3 is 10.6 Å². The zero-order chi connectivity index (χ0) is 19.7. The Morgan fingerprint density at radius 3 is 2.79 bits per heavy atom. The molecular weight excluding hydrogens is 408 g/mol. The quantitative estimate of drug-likeness (QED) is 0.671. The maximum Gasteiger partial charge on any atom is 0.262 e. The highest BCUT2D eigenvalue weighted by atomic mass is 35.5. The van der Waals surface area contributed by atoms with Crippen molar-refractivity contribution in [3.8, 4) is 11.1 Å². The molecule has 1 unspecified atom stereocenters.